The molecule has 0 aliphatic heterocycles. The van der Waals surface area contributed by atoms with Crippen molar-refractivity contribution in [3.8, 4) is 0 Å². The van der Waals surface area contributed by atoms with Crippen molar-refractivity contribution >= 4 is 23.4 Å². The molecule has 4 heteroatoms. The molecule has 1 heterocycles. The SMILES string of the molecule is O=C(O)C(F)=Cc1ccsc1. The van der Waals surface area contributed by atoms with Crippen LogP contribution >= 0.6 is 11.3 Å². The zero-order valence-corrected chi connectivity index (χ0v) is 6.27. The van der Waals surface area contributed by atoms with Gasteiger partial charge in [0.2, 0.25) is 5.83 Å². The van der Waals surface area contributed by atoms with Crippen LogP contribution in [-0.4, -0.2) is 11.1 Å². The maximum Gasteiger partial charge on any atom is 0.364 e. The van der Waals surface area contributed by atoms with Gasteiger partial charge in [-0.1, -0.05) is 0 Å². The van der Waals surface area contributed by atoms with Gasteiger partial charge in [0, 0.05) is 0 Å². The highest BCUT2D eigenvalue weighted by molar-refractivity contribution is 7.08. The molecule has 0 saturated heterocycles. The summed E-state index contributed by atoms with van der Waals surface area (Å²) < 4.78 is 12.4. The van der Waals surface area contributed by atoms with Gasteiger partial charge in [-0.15, -0.1) is 0 Å². The molecule has 0 aromatic carbocycles. The topological polar surface area (TPSA) is 37.3 Å². The summed E-state index contributed by atoms with van der Waals surface area (Å²) in [6.07, 6.45) is 0.985. The molecule has 0 atom stereocenters. The van der Waals surface area contributed by atoms with Crippen molar-refractivity contribution in [2.45, 2.75) is 0 Å². The van der Waals surface area contributed by atoms with Crippen molar-refractivity contribution in [2.24, 2.45) is 0 Å². The predicted molar refractivity (Wildman–Crippen MR) is 41.0 cm³/mol. The van der Waals surface area contributed by atoms with Crippen LogP contribution in [0.2, 0.25) is 0 Å². The smallest absolute Gasteiger partial charge is 0.364 e. The van der Waals surface area contributed by atoms with Gasteiger partial charge in [0.15, 0.2) is 0 Å². The van der Waals surface area contributed by atoms with E-state index in [1.165, 1.54) is 11.3 Å². The second-order valence-electron chi connectivity index (χ2n) is 1.85. The van der Waals surface area contributed by atoms with Gasteiger partial charge in [-0.05, 0) is 28.5 Å². The molecule has 0 aliphatic carbocycles. The molecule has 1 aromatic heterocycles. The Hall–Kier alpha value is -1.16. The molecular formula is C7H5FO2S. The van der Waals surface area contributed by atoms with Gasteiger partial charge in [0.1, 0.15) is 0 Å². The van der Waals surface area contributed by atoms with E-state index >= 15 is 0 Å². The normalized spacial score (nSPS) is 11.5. The molecule has 11 heavy (non-hydrogen) atoms. The first-order chi connectivity index (χ1) is 5.20. The summed E-state index contributed by atoms with van der Waals surface area (Å²) in [5, 5.41) is 11.6. The van der Waals surface area contributed by atoms with Crippen LogP contribution in [0.15, 0.2) is 22.7 Å². The van der Waals surface area contributed by atoms with Gasteiger partial charge in [-0.25, -0.2) is 4.79 Å². The van der Waals surface area contributed by atoms with Crippen LogP contribution in [0.5, 0.6) is 0 Å². The zero-order chi connectivity index (χ0) is 8.27. The van der Waals surface area contributed by atoms with Gasteiger partial charge >= 0.3 is 5.97 Å². The fourth-order valence-electron chi connectivity index (χ4n) is 0.565. The zero-order valence-electron chi connectivity index (χ0n) is 5.45. The van der Waals surface area contributed by atoms with Gasteiger partial charge in [-0.2, -0.15) is 15.7 Å². The minimum absolute atomic E-state index is 0.579. The Morgan fingerprint density at radius 1 is 1.73 bits per heavy atom. The molecule has 0 fully saturated rings. The first kappa shape index (κ1) is 7.94. The Balaban J connectivity index is 2.82. The maximum atomic E-state index is 12.4. The summed E-state index contributed by atoms with van der Waals surface area (Å²) >= 11 is 1.39. The lowest BCUT2D eigenvalue weighted by Gasteiger charge is -1.85. The van der Waals surface area contributed by atoms with Gasteiger partial charge in [0.25, 0.3) is 0 Å². The third-order valence-electron chi connectivity index (χ3n) is 1.04. The van der Waals surface area contributed by atoms with E-state index in [1.54, 1.807) is 16.8 Å². The minimum Gasteiger partial charge on any atom is -0.476 e. The van der Waals surface area contributed by atoms with E-state index in [4.69, 9.17) is 5.11 Å². The fraction of sp³-hybridized carbons (Fsp3) is 0. The molecule has 0 aliphatic rings. The average molecular weight is 172 g/mol. The number of halogens is 1. The molecule has 0 unspecified atom stereocenters. The summed E-state index contributed by atoms with van der Waals surface area (Å²) in [7, 11) is 0. The molecule has 0 saturated carbocycles. The number of rotatable bonds is 2. The largest absolute Gasteiger partial charge is 0.476 e. The van der Waals surface area contributed by atoms with Crippen LogP contribution in [-0.2, 0) is 4.79 Å². The molecule has 1 rings (SSSR count). The van der Waals surface area contributed by atoms with Crippen molar-refractivity contribution < 1.29 is 14.3 Å². The number of carboxylic acids is 1. The number of carboxylic acid groups (broad SMARTS) is 1. The van der Waals surface area contributed by atoms with Gasteiger partial charge < -0.3 is 5.11 Å². The van der Waals surface area contributed by atoms with E-state index in [0.29, 0.717) is 5.56 Å². The maximum absolute atomic E-state index is 12.4. The van der Waals surface area contributed by atoms with Crippen molar-refractivity contribution in [1.82, 2.24) is 0 Å². The Kier molecular flexibility index (Phi) is 2.38. The molecule has 0 bridgehead atoms. The quantitative estimate of drug-likeness (QED) is 0.694. The molecule has 2 nitrogen and oxygen atoms in total. The highest BCUT2D eigenvalue weighted by atomic mass is 32.1. The van der Waals surface area contributed by atoms with Crippen LogP contribution in [0.3, 0.4) is 0 Å². The molecule has 0 amide bonds. The molecule has 1 N–H and O–H groups in total. The lowest BCUT2D eigenvalue weighted by molar-refractivity contribution is -0.134. The molecule has 1 aromatic rings. The summed E-state index contributed by atoms with van der Waals surface area (Å²) in [5.41, 5.74) is 0.579. The Morgan fingerprint density at radius 2 is 2.45 bits per heavy atom. The number of carbonyl (C=O) groups is 1. The van der Waals surface area contributed by atoms with Crippen LogP contribution < -0.4 is 0 Å². The van der Waals surface area contributed by atoms with Crippen LogP contribution in [0, 0.1) is 0 Å². The summed E-state index contributed by atoms with van der Waals surface area (Å²) in [6.45, 7) is 0. The number of aliphatic carboxylic acids is 1. The van der Waals surface area contributed by atoms with Crippen molar-refractivity contribution in [3.63, 3.8) is 0 Å². The summed E-state index contributed by atoms with van der Waals surface area (Å²) in [5.74, 6) is -2.67. The molecule has 0 spiro atoms. The molecular weight excluding hydrogens is 167 g/mol. The third-order valence-corrected chi connectivity index (χ3v) is 1.74. The molecule has 58 valence electrons. The second kappa shape index (κ2) is 3.30. The fourth-order valence-corrected chi connectivity index (χ4v) is 1.18. The Morgan fingerprint density at radius 3 is 2.91 bits per heavy atom. The van der Waals surface area contributed by atoms with E-state index in [1.807, 2.05) is 0 Å². The van der Waals surface area contributed by atoms with Gasteiger partial charge in [0.05, 0.1) is 0 Å². The van der Waals surface area contributed by atoms with E-state index < -0.39 is 11.8 Å². The van der Waals surface area contributed by atoms with Crippen molar-refractivity contribution in [1.29, 1.82) is 0 Å². The Bertz CT molecular complexity index is 277. The monoisotopic (exact) mass is 172 g/mol. The van der Waals surface area contributed by atoms with Crippen molar-refractivity contribution in [2.75, 3.05) is 0 Å². The van der Waals surface area contributed by atoms with Crippen LogP contribution in [0.25, 0.3) is 6.08 Å². The number of thiophene rings is 1. The van der Waals surface area contributed by atoms with E-state index in [-0.39, 0.29) is 0 Å². The average Bonchev–Trinajstić information content (AvgIpc) is 2.39. The summed E-state index contributed by atoms with van der Waals surface area (Å²) in [4.78, 5) is 9.99. The van der Waals surface area contributed by atoms with Crippen molar-refractivity contribution in [3.05, 3.63) is 28.2 Å². The third kappa shape index (κ3) is 2.16. The van der Waals surface area contributed by atoms with Crippen LogP contribution in [0.1, 0.15) is 5.56 Å². The lowest BCUT2D eigenvalue weighted by Crippen LogP contribution is -1.93. The highest BCUT2D eigenvalue weighted by Crippen LogP contribution is 2.11. The molecule has 0 radical (unpaired) electrons. The van der Waals surface area contributed by atoms with E-state index in [2.05, 4.69) is 0 Å². The van der Waals surface area contributed by atoms with E-state index in [0.717, 1.165) is 6.08 Å². The standard InChI is InChI=1S/C7H5FO2S/c8-6(7(9)10)3-5-1-2-11-4-5/h1-4H,(H,9,10). The first-order valence-electron chi connectivity index (χ1n) is 2.83. The second-order valence-corrected chi connectivity index (χ2v) is 2.63. The highest BCUT2D eigenvalue weighted by Gasteiger charge is 2.04. The summed E-state index contributed by atoms with van der Waals surface area (Å²) in [6, 6.07) is 1.65. The lowest BCUT2D eigenvalue weighted by atomic mass is 10.3. The number of hydrogen-bond acceptors (Lipinski definition) is 2. The first-order valence-corrected chi connectivity index (χ1v) is 3.77. The minimum atomic E-state index is -1.53. The Labute approximate surface area is 66.6 Å². The number of hydrogen-bond donors (Lipinski definition) is 1. The van der Waals surface area contributed by atoms with Gasteiger partial charge in [-0.3, -0.25) is 0 Å². The van der Waals surface area contributed by atoms with E-state index in [9.17, 15) is 9.18 Å². The van der Waals surface area contributed by atoms with Crippen LogP contribution in [0.4, 0.5) is 4.39 Å². The predicted octanol–water partition coefficient (Wildman–Crippen LogP) is 2.14.